The Hall–Kier alpha value is -2.14. The molecule has 0 fully saturated rings. The molecule has 0 bridgehead atoms. The van der Waals surface area contributed by atoms with Gasteiger partial charge in [-0.25, -0.2) is 0 Å². The van der Waals surface area contributed by atoms with Crippen molar-refractivity contribution in [1.82, 2.24) is 15.1 Å². The predicted molar refractivity (Wildman–Crippen MR) is 90.0 cm³/mol. The number of carbonyl (C=O) groups is 1. The lowest BCUT2D eigenvalue weighted by Crippen LogP contribution is -2.26. The van der Waals surface area contributed by atoms with Crippen LogP contribution in [0.4, 0.5) is 0 Å². The van der Waals surface area contributed by atoms with E-state index < -0.39 is 6.10 Å². The molecule has 0 radical (unpaired) electrons. The summed E-state index contributed by atoms with van der Waals surface area (Å²) < 4.78 is 1.85. The molecule has 23 heavy (non-hydrogen) atoms. The SMILES string of the molecule is Cc1nn(C)c(C)c1CCC(=O)NCCC(O)c1ccccc1. The van der Waals surface area contributed by atoms with Crippen molar-refractivity contribution in [3.05, 3.63) is 52.8 Å². The number of aromatic nitrogens is 2. The number of aryl methyl sites for hydroxylation is 2. The summed E-state index contributed by atoms with van der Waals surface area (Å²) in [5.41, 5.74) is 4.11. The van der Waals surface area contributed by atoms with E-state index in [9.17, 15) is 9.90 Å². The van der Waals surface area contributed by atoms with Gasteiger partial charge in [-0.15, -0.1) is 0 Å². The Morgan fingerprint density at radius 2 is 2.00 bits per heavy atom. The Bertz CT molecular complexity index is 650. The van der Waals surface area contributed by atoms with Crippen molar-refractivity contribution in [3.63, 3.8) is 0 Å². The summed E-state index contributed by atoms with van der Waals surface area (Å²) in [5, 5.41) is 17.3. The Kier molecular flexibility index (Phi) is 5.93. The molecule has 1 amide bonds. The maximum atomic E-state index is 11.9. The normalized spacial score (nSPS) is 12.2. The Morgan fingerprint density at radius 1 is 1.30 bits per heavy atom. The third kappa shape index (κ3) is 4.66. The lowest BCUT2D eigenvalue weighted by Gasteiger charge is -2.11. The number of hydrogen-bond acceptors (Lipinski definition) is 3. The molecule has 0 aliphatic carbocycles. The van der Waals surface area contributed by atoms with Crippen LogP contribution in [0.15, 0.2) is 30.3 Å². The highest BCUT2D eigenvalue weighted by molar-refractivity contribution is 5.76. The van der Waals surface area contributed by atoms with Crippen molar-refractivity contribution in [2.45, 2.75) is 39.2 Å². The van der Waals surface area contributed by atoms with Gasteiger partial charge in [-0.05, 0) is 37.8 Å². The second-order valence-electron chi connectivity index (χ2n) is 5.84. The number of nitrogens with one attached hydrogen (secondary N) is 1. The van der Waals surface area contributed by atoms with Gasteiger partial charge in [0.1, 0.15) is 0 Å². The molecule has 0 aliphatic rings. The molecule has 2 N–H and O–H groups in total. The van der Waals surface area contributed by atoms with E-state index in [1.54, 1.807) is 0 Å². The molecular weight excluding hydrogens is 290 g/mol. The third-order valence-corrected chi connectivity index (χ3v) is 4.19. The molecule has 0 saturated heterocycles. The van der Waals surface area contributed by atoms with E-state index in [-0.39, 0.29) is 5.91 Å². The molecule has 5 nitrogen and oxygen atoms in total. The largest absolute Gasteiger partial charge is 0.388 e. The van der Waals surface area contributed by atoms with Crippen molar-refractivity contribution in [3.8, 4) is 0 Å². The Labute approximate surface area is 137 Å². The number of amides is 1. The number of rotatable bonds is 7. The van der Waals surface area contributed by atoms with Gasteiger partial charge < -0.3 is 10.4 Å². The molecule has 1 heterocycles. The van der Waals surface area contributed by atoms with Crippen LogP contribution in [-0.4, -0.2) is 27.3 Å². The summed E-state index contributed by atoms with van der Waals surface area (Å²) in [4.78, 5) is 11.9. The number of carbonyl (C=O) groups excluding carboxylic acids is 1. The van der Waals surface area contributed by atoms with E-state index in [1.807, 2.05) is 55.9 Å². The highest BCUT2D eigenvalue weighted by Gasteiger charge is 2.12. The number of aliphatic hydroxyl groups excluding tert-OH is 1. The van der Waals surface area contributed by atoms with Gasteiger partial charge in [0.2, 0.25) is 5.91 Å². The summed E-state index contributed by atoms with van der Waals surface area (Å²) in [6.07, 6.45) is 1.10. The van der Waals surface area contributed by atoms with Crippen LogP contribution in [0.2, 0.25) is 0 Å². The summed E-state index contributed by atoms with van der Waals surface area (Å²) in [6, 6.07) is 9.49. The van der Waals surface area contributed by atoms with E-state index in [1.165, 1.54) is 0 Å². The monoisotopic (exact) mass is 315 g/mol. The number of hydrogen-bond donors (Lipinski definition) is 2. The van der Waals surface area contributed by atoms with Gasteiger partial charge in [-0.2, -0.15) is 5.10 Å². The minimum Gasteiger partial charge on any atom is -0.388 e. The molecule has 1 unspecified atom stereocenters. The van der Waals surface area contributed by atoms with Gasteiger partial charge in [0, 0.05) is 25.7 Å². The molecule has 2 aromatic rings. The quantitative estimate of drug-likeness (QED) is 0.823. The van der Waals surface area contributed by atoms with Crippen LogP contribution in [0.1, 0.15) is 41.5 Å². The van der Waals surface area contributed by atoms with Crippen LogP contribution in [0, 0.1) is 13.8 Å². The first-order valence-electron chi connectivity index (χ1n) is 7.98. The maximum absolute atomic E-state index is 11.9. The fourth-order valence-corrected chi connectivity index (χ4v) is 2.70. The molecular formula is C18H25N3O2. The van der Waals surface area contributed by atoms with Crippen LogP contribution < -0.4 is 5.32 Å². The minimum absolute atomic E-state index is 0.00733. The maximum Gasteiger partial charge on any atom is 0.220 e. The third-order valence-electron chi connectivity index (χ3n) is 4.19. The van der Waals surface area contributed by atoms with Gasteiger partial charge in [0.15, 0.2) is 0 Å². The molecule has 0 spiro atoms. The van der Waals surface area contributed by atoms with Crippen LogP contribution in [0.25, 0.3) is 0 Å². The van der Waals surface area contributed by atoms with E-state index in [4.69, 9.17) is 0 Å². The smallest absolute Gasteiger partial charge is 0.220 e. The topological polar surface area (TPSA) is 67.2 Å². The molecule has 1 aromatic carbocycles. The fraction of sp³-hybridized carbons (Fsp3) is 0.444. The van der Waals surface area contributed by atoms with Crippen LogP contribution >= 0.6 is 0 Å². The van der Waals surface area contributed by atoms with E-state index in [2.05, 4.69) is 10.4 Å². The average Bonchev–Trinajstić information content (AvgIpc) is 2.79. The molecule has 2 rings (SSSR count). The predicted octanol–water partition coefficient (Wildman–Crippen LogP) is 2.21. The average molecular weight is 315 g/mol. The lowest BCUT2D eigenvalue weighted by atomic mass is 10.1. The van der Waals surface area contributed by atoms with Gasteiger partial charge in [0.05, 0.1) is 11.8 Å². The van der Waals surface area contributed by atoms with Crippen molar-refractivity contribution >= 4 is 5.91 Å². The van der Waals surface area contributed by atoms with Gasteiger partial charge in [-0.3, -0.25) is 9.48 Å². The van der Waals surface area contributed by atoms with Crippen LogP contribution in [0.3, 0.4) is 0 Å². The summed E-state index contributed by atoms with van der Waals surface area (Å²) in [5.74, 6) is 0.00733. The zero-order valence-corrected chi connectivity index (χ0v) is 14.0. The first-order chi connectivity index (χ1) is 11.0. The van der Waals surface area contributed by atoms with E-state index in [0.717, 1.165) is 22.5 Å². The number of benzene rings is 1. The lowest BCUT2D eigenvalue weighted by molar-refractivity contribution is -0.121. The first-order valence-corrected chi connectivity index (χ1v) is 7.98. The second kappa shape index (κ2) is 7.92. The summed E-state index contributed by atoms with van der Waals surface area (Å²) in [7, 11) is 1.91. The van der Waals surface area contributed by atoms with Crippen LogP contribution in [0.5, 0.6) is 0 Å². The highest BCUT2D eigenvalue weighted by atomic mass is 16.3. The Morgan fingerprint density at radius 3 is 2.61 bits per heavy atom. The molecule has 0 aliphatic heterocycles. The van der Waals surface area contributed by atoms with Gasteiger partial charge in [-0.1, -0.05) is 30.3 Å². The van der Waals surface area contributed by atoms with Gasteiger partial charge >= 0.3 is 0 Å². The summed E-state index contributed by atoms with van der Waals surface area (Å²) >= 11 is 0. The minimum atomic E-state index is -0.542. The fourth-order valence-electron chi connectivity index (χ4n) is 2.70. The van der Waals surface area contributed by atoms with E-state index >= 15 is 0 Å². The van der Waals surface area contributed by atoms with Crippen molar-refractivity contribution in [1.29, 1.82) is 0 Å². The number of aliphatic hydroxyl groups is 1. The molecule has 5 heteroatoms. The second-order valence-corrected chi connectivity index (χ2v) is 5.84. The Balaban J connectivity index is 1.73. The van der Waals surface area contributed by atoms with E-state index in [0.29, 0.717) is 25.8 Å². The van der Waals surface area contributed by atoms with Crippen molar-refractivity contribution in [2.75, 3.05) is 6.54 Å². The molecule has 1 aromatic heterocycles. The molecule has 1 atom stereocenters. The van der Waals surface area contributed by atoms with Crippen LogP contribution in [-0.2, 0) is 18.3 Å². The zero-order valence-electron chi connectivity index (χ0n) is 14.0. The molecule has 124 valence electrons. The van der Waals surface area contributed by atoms with Crippen molar-refractivity contribution < 1.29 is 9.90 Å². The highest BCUT2D eigenvalue weighted by Crippen LogP contribution is 2.15. The standard InChI is InChI=1S/C18H25N3O2/c1-13-16(14(2)21(3)20-13)9-10-18(23)19-12-11-17(22)15-7-5-4-6-8-15/h4-8,17,22H,9-12H2,1-3H3,(H,19,23). The summed E-state index contributed by atoms with van der Waals surface area (Å²) in [6.45, 7) is 4.46. The molecule has 0 saturated carbocycles. The first kappa shape index (κ1) is 17.2. The van der Waals surface area contributed by atoms with Crippen molar-refractivity contribution in [2.24, 2.45) is 7.05 Å². The van der Waals surface area contributed by atoms with Gasteiger partial charge in [0.25, 0.3) is 0 Å². The number of nitrogens with zero attached hydrogens (tertiary/aromatic N) is 2. The zero-order chi connectivity index (χ0) is 16.8.